The van der Waals surface area contributed by atoms with Gasteiger partial charge in [-0.25, -0.2) is 0 Å². The second-order valence-corrected chi connectivity index (χ2v) is 3.87. The molecule has 11 heavy (non-hydrogen) atoms. The average Bonchev–Trinajstić information content (AvgIpc) is 2.29. The van der Waals surface area contributed by atoms with Crippen LogP contribution < -0.4 is 0 Å². The zero-order valence-corrected chi connectivity index (χ0v) is 8.04. The van der Waals surface area contributed by atoms with Crippen LogP contribution in [0.1, 0.15) is 19.8 Å². The lowest BCUT2D eigenvalue weighted by atomic mass is 10.3. The van der Waals surface area contributed by atoms with E-state index in [4.69, 9.17) is 12.2 Å². The number of hydrogen-bond acceptors (Lipinski definition) is 3. The summed E-state index contributed by atoms with van der Waals surface area (Å²) >= 11 is 6.42. The fourth-order valence-electron chi connectivity index (χ4n) is 0.846. The van der Waals surface area contributed by atoms with E-state index in [1.807, 2.05) is 0 Å². The van der Waals surface area contributed by atoms with Gasteiger partial charge in [-0.15, -0.1) is 11.3 Å². The van der Waals surface area contributed by atoms with Crippen molar-refractivity contribution in [1.29, 1.82) is 0 Å². The molecule has 0 bridgehead atoms. The van der Waals surface area contributed by atoms with Crippen LogP contribution in [0.25, 0.3) is 0 Å². The molecule has 0 aliphatic heterocycles. The minimum Gasteiger partial charge on any atom is -0.494 e. The third-order valence-corrected chi connectivity index (χ3v) is 2.76. The van der Waals surface area contributed by atoms with Crippen LogP contribution in [0.5, 0.6) is 5.88 Å². The lowest BCUT2D eigenvalue weighted by Crippen LogP contribution is -1.95. The molecule has 0 saturated heterocycles. The van der Waals surface area contributed by atoms with E-state index in [0.29, 0.717) is 5.88 Å². The standard InChI is InChI=1S/C7H11NOS2/c1-2-3-4-8-6(9)5-11-7(8)10/h5,9H,2-4H2,1H3. The number of rotatable bonds is 3. The van der Waals surface area contributed by atoms with Gasteiger partial charge in [0.15, 0.2) is 3.95 Å². The van der Waals surface area contributed by atoms with Gasteiger partial charge in [0, 0.05) is 6.54 Å². The summed E-state index contributed by atoms with van der Waals surface area (Å²) in [5.41, 5.74) is 0. The predicted octanol–water partition coefficient (Wildman–Crippen LogP) is 2.78. The molecule has 4 heteroatoms. The van der Waals surface area contributed by atoms with Gasteiger partial charge in [0.05, 0.1) is 5.38 Å². The highest BCUT2D eigenvalue weighted by Gasteiger charge is 1.99. The number of aromatic hydroxyl groups is 1. The van der Waals surface area contributed by atoms with Crippen molar-refractivity contribution < 1.29 is 5.11 Å². The van der Waals surface area contributed by atoms with Gasteiger partial charge in [-0.2, -0.15) is 0 Å². The van der Waals surface area contributed by atoms with Crippen molar-refractivity contribution in [3.63, 3.8) is 0 Å². The Kier molecular flexibility index (Phi) is 3.08. The Balaban J connectivity index is 2.75. The predicted molar refractivity (Wildman–Crippen MR) is 49.7 cm³/mol. The van der Waals surface area contributed by atoms with Gasteiger partial charge in [0.1, 0.15) is 0 Å². The van der Waals surface area contributed by atoms with E-state index in [9.17, 15) is 5.11 Å². The van der Waals surface area contributed by atoms with Crippen LogP contribution >= 0.6 is 23.6 Å². The van der Waals surface area contributed by atoms with Gasteiger partial charge in [0.25, 0.3) is 0 Å². The summed E-state index contributed by atoms with van der Waals surface area (Å²) in [6.07, 6.45) is 2.19. The zero-order valence-electron chi connectivity index (χ0n) is 6.41. The molecule has 2 nitrogen and oxygen atoms in total. The topological polar surface area (TPSA) is 25.2 Å². The van der Waals surface area contributed by atoms with E-state index in [1.54, 1.807) is 9.95 Å². The molecular formula is C7H11NOS2. The van der Waals surface area contributed by atoms with E-state index in [-0.39, 0.29) is 0 Å². The molecule has 0 aliphatic rings. The van der Waals surface area contributed by atoms with E-state index in [1.165, 1.54) is 11.3 Å². The normalized spacial score (nSPS) is 10.3. The molecule has 0 atom stereocenters. The van der Waals surface area contributed by atoms with Gasteiger partial charge in [-0.05, 0) is 18.6 Å². The minimum atomic E-state index is 0.299. The molecule has 0 radical (unpaired) electrons. The van der Waals surface area contributed by atoms with E-state index < -0.39 is 0 Å². The molecule has 1 aromatic heterocycles. The molecular weight excluding hydrogens is 178 g/mol. The second kappa shape index (κ2) is 3.88. The molecule has 1 rings (SSSR count). The van der Waals surface area contributed by atoms with Crippen LogP contribution in [0.3, 0.4) is 0 Å². The van der Waals surface area contributed by atoms with E-state index in [0.717, 1.165) is 23.3 Å². The molecule has 0 aromatic carbocycles. The Morgan fingerprint density at radius 2 is 2.45 bits per heavy atom. The summed E-state index contributed by atoms with van der Waals surface area (Å²) in [5.74, 6) is 0.299. The van der Waals surface area contributed by atoms with Crippen LogP contribution in [-0.2, 0) is 6.54 Å². The Morgan fingerprint density at radius 1 is 1.73 bits per heavy atom. The number of nitrogens with zero attached hydrogens (tertiary/aromatic N) is 1. The third-order valence-electron chi connectivity index (χ3n) is 1.50. The first-order valence-corrected chi connectivity index (χ1v) is 4.91. The highest BCUT2D eigenvalue weighted by Crippen LogP contribution is 2.17. The van der Waals surface area contributed by atoms with Gasteiger partial charge >= 0.3 is 0 Å². The molecule has 62 valence electrons. The molecule has 0 amide bonds. The van der Waals surface area contributed by atoms with E-state index in [2.05, 4.69) is 6.92 Å². The maximum atomic E-state index is 9.26. The first kappa shape index (κ1) is 8.74. The molecule has 0 aliphatic carbocycles. The molecule has 1 N–H and O–H groups in total. The summed E-state index contributed by atoms with van der Waals surface area (Å²) in [6, 6.07) is 0. The fourth-order valence-corrected chi connectivity index (χ4v) is 1.82. The quantitative estimate of drug-likeness (QED) is 0.740. The summed E-state index contributed by atoms with van der Waals surface area (Å²) < 4.78 is 2.53. The van der Waals surface area contributed by atoms with Crippen molar-refractivity contribution in [2.24, 2.45) is 0 Å². The van der Waals surface area contributed by atoms with Crippen LogP contribution in [0.2, 0.25) is 0 Å². The Morgan fingerprint density at radius 3 is 2.91 bits per heavy atom. The lowest BCUT2D eigenvalue weighted by molar-refractivity contribution is 0.411. The largest absolute Gasteiger partial charge is 0.494 e. The van der Waals surface area contributed by atoms with Crippen molar-refractivity contribution in [2.45, 2.75) is 26.3 Å². The lowest BCUT2D eigenvalue weighted by Gasteiger charge is -2.00. The smallest absolute Gasteiger partial charge is 0.202 e. The molecule has 1 heterocycles. The van der Waals surface area contributed by atoms with Crippen molar-refractivity contribution >= 4 is 23.6 Å². The van der Waals surface area contributed by atoms with Crippen LogP contribution in [0.15, 0.2) is 5.38 Å². The Labute approximate surface area is 75.1 Å². The summed E-state index contributed by atoms with van der Waals surface area (Å²) in [6.45, 7) is 2.96. The third kappa shape index (κ3) is 2.04. The minimum absolute atomic E-state index is 0.299. The first-order valence-electron chi connectivity index (χ1n) is 3.63. The number of aromatic nitrogens is 1. The van der Waals surface area contributed by atoms with Gasteiger partial charge in [0.2, 0.25) is 5.88 Å². The highest BCUT2D eigenvalue weighted by atomic mass is 32.1. The van der Waals surface area contributed by atoms with Crippen molar-refractivity contribution in [3.8, 4) is 5.88 Å². The molecule has 0 fully saturated rings. The Bertz CT molecular complexity index is 276. The van der Waals surface area contributed by atoms with Crippen molar-refractivity contribution in [3.05, 3.63) is 9.33 Å². The molecule has 0 saturated carbocycles. The van der Waals surface area contributed by atoms with E-state index >= 15 is 0 Å². The van der Waals surface area contributed by atoms with Gasteiger partial charge < -0.3 is 5.11 Å². The SMILES string of the molecule is CCCCn1c(O)csc1=S. The number of hydrogen-bond donors (Lipinski definition) is 1. The van der Waals surface area contributed by atoms with Crippen molar-refractivity contribution in [2.75, 3.05) is 0 Å². The van der Waals surface area contributed by atoms with Gasteiger partial charge in [-0.3, -0.25) is 4.57 Å². The van der Waals surface area contributed by atoms with Crippen LogP contribution in [0, 0.1) is 3.95 Å². The van der Waals surface area contributed by atoms with Crippen LogP contribution in [0.4, 0.5) is 0 Å². The summed E-state index contributed by atoms with van der Waals surface area (Å²) in [7, 11) is 0. The highest BCUT2D eigenvalue weighted by molar-refractivity contribution is 7.73. The second-order valence-electron chi connectivity index (χ2n) is 2.37. The van der Waals surface area contributed by atoms with Gasteiger partial charge in [-0.1, -0.05) is 13.3 Å². The van der Waals surface area contributed by atoms with Crippen LogP contribution in [-0.4, -0.2) is 9.67 Å². The molecule has 0 unspecified atom stereocenters. The summed E-state index contributed by atoms with van der Waals surface area (Å²) in [4.78, 5) is 0. The zero-order chi connectivity index (χ0) is 8.27. The summed E-state index contributed by atoms with van der Waals surface area (Å²) in [5, 5.41) is 10.9. The average molecular weight is 189 g/mol. The van der Waals surface area contributed by atoms with Crippen molar-refractivity contribution in [1.82, 2.24) is 4.57 Å². The molecule has 1 aromatic rings. The monoisotopic (exact) mass is 189 g/mol. The number of unbranched alkanes of at least 4 members (excludes halogenated alkanes) is 1. The maximum absolute atomic E-state index is 9.26. The first-order chi connectivity index (χ1) is 5.25. The molecule has 0 spiro atoms. The Hall–Kier alpha value is -0.350. The maximum Gasteiger partial charge on any atom is 0.202 e. The fraction of sp³-hybridized carbons (Fsp3) is 0.571. The number of thiazole rings is 1.